The molecule has 4 aliphatic rings. The summed E-state index contributed by atoms with van der Waals surface area (Å²) >= 11 is 0. The van der Waals surface area contributed by atoms with Gasteiger partial charge in [-0.15, -0.1) is 0 Å². The third kappa shape index (κ3) is 5.15. The van der Waals surface area contributed by atoms with Gasteiger partial charge >= 0.3 is 0 Å². The van der Waals surface area contributed by atoms with Gasteiger partial charge in [0.2, 0.25) is 11.8 Å². The molecule has 0 radical (unpaired) electrons. The van der Waals surface area contributed by atoms with E-state index in [4.69, 9.17) is 4.74 Å². The Balaban J connectivity index is 1.31. The number of amides is 2. The molecule has 2 amide bonds. The summed E-state index contributed by atoms with van der Waals surface area (Å²) in [6.07, 6.45) is 19.0. The number of hydrogen-bond donors (Lipinski definition) is 0. The molecule has 0 aromatic heterocycles. The van der Waals surface area contributed by atoms with E-state index in [1.54, 1.807) is 0 Å². The molecule has 0 saturated heterocycles. The van der Waals surface area contributed by atoms with Gasteiger partial charge in [0, 0.05) is 24.2 Å². The smallest absolute Gasteiger partial charge is 0.249 e. The molecule has 164 valence electrons. The van der Waals surface area contributed by atoms with Crippen LogP contribution in [0.5, 0.6) is 0 Å². The van der Waals surface area contributed by atoms with E-state index in [1.807, 2.05) is 0 Å². The highest BCUT2D eigenvalue weighted by molar-refractivity contribution is 5.80. The Bertz CT molecular complexity index is 462. The zero-order chi connectivity index (χ0) is 20.1. The summed E-state index contributed by atoms with van der Waals surface area (Å²) in [7, 11) is 0. The fourth-order valence-corrected chi connectivity index (χ4v) is 6.52. The van der Waals surface area contributed by atoms with E-state index >= 15 is 0 Å². The molecule has 4 saturated carbocycles. The van der Waals surface area contributed by atoms with Crippen molar-refractivity contribution >= 4 is 11.8 Å². The molecule has 4 rings (SSSR count). The highest BCUT2D eigenvalue weighted by atomic mass is 16.5. The molecule has 4 fully saturated rings. The van der Waals surface area contributed by atoms with Crippen LogP contribution in [-0.4, -0.2) is 59.0 Å². The second-order valence-electron chi connectivity index (χ2n) is 9.85. The molecule has 5 nitrogen and oxygen atoms in total. The van der Waals surface area contributed by atoms with Crippen LogP contribution >= 0.6 is 0 Å². The van der Waals surface area contributed by atoms with Crippen LogP contribution in [-0.2, 0) is 14.3 Å². The van der Waals surface area contributed by atoms with Crippen molar-refractivity contribution in [2.45, 2.75) is 127 Å². The highest BCUT2D eigenvalue weighted by Crippen LogP contribution is 2.33. The van der Waals surface area contributed by atoms with Crippen molar-refractivity contribution in [2.24, 2.45) is 0 Å². The molecular formula is C24H40N2O3. The van der Waals surface area contributed by atoms with E-state index in [2.05, 4.69) is 9.80 Å². The summed E-state index contributed by atoms with van der Waals surface area (Å²) in [6.45, 7) is 0.143. The van der Waals surface area contributed by atoms with Gasteiger partial charge in [-0.2, -0.15) is 0 Å². The Morgan fingerprint density at radius 2 is 0.759 bits per heavy atom. The minimum atomic E-state index is 0.0713. The van der Waals surface area contributed by atoms with E-state index in [9.17, 15) is 9.59 Å². The van der Waals surface area contributed by atoms with Crippen molar-refractivity contribution in [3.8, 4) is 0 Å². The topological polar surface area (TPSA) is 49.9 Å². The second-order valence-corrected chi connectivity index (χ2v) is 9.85. The van der Waals surface area contributed by atoms with Gasteiger partial charge in [-0.05, 0) is 51.4 Å². The van der Waals surface area contributed by atoms with Gasteiger partial charge in [-0.3, -0.25) is 9.59 Å². The normalized spacial score (nSPS) is 24.6. The van der Waals surface area contributed by atoms with E-state index in [1.165, 1.54) is 51.4 Å². The maximum absolute atomic E-state index is 13.1. The maximum atomic E-state index is 13.1. The largest absolute Gasteiger partial charge is 0.362 e. The minimum absolute atomic E-state index is 0.0713. The van der Waals surface area contributed by atoms with Crippen LogP contribution in [0.3, 0.4) is 0 Å². The Labute approximate surface area is 176 Å². The lowest BCUT2D eigenvalue weighted by molar-refractivity contribution is -0.147. The summed E-state index contributed by atoms with van der Waals surface area (Å²) in [4.78, 5) is 30.4. The van der Waals surface area contributed by atoms with Crippen LogP contribution in [0.15, 0.2) is 0 Å². The van der Waals surface area contributed by atoms with Crippen LogP contribution < -0.4 is 0 Å². The molecule has 5 heteroatoms. The van der Waals surface area contributed by atoms with E-state index in [0.29, 0.717) is 24.2 Å². The van der Waals surface area contributed by atoms with Crippen molar-refractivity contribution in [2.75, 3.05) is 13.2 Å². The quantitative estimate of drug-likeness (QED) is 0.601. The van der Waals surface area contributed by atoms with Gasteiger partial charge in [0.15, 0.2) is 0 Å². The lowest BCUT2D eigenvalue weighted by Gasteiger charge is -2.35. The SMILES string of the molecule is O=C(COCC(=O)N(C1CCCC1)C1CCCC1)N(C1CCCC1)C1CCCC1. The molecular weight excluding hydrogens is 364 g/mol. The zero-order valence-electron chi connectivity index (χ0n) is 18.2. The third-order valence-corrected chi connectivity index (χ3v) is 7.90. The van der Waals surface area contributed by atoms with Gasteiger partial charge in [0.05, 0.1) is 0 Å². The van der Waals surface area contributed by atoms with Gasteiger partial charge in [-0.1, -0.05) is 51.4 Å². The molecule has 0 atom stereocenters. The third-order valence-electron chi connectivity index (χ3n) is 7.90. The van der Waals surface area contributed by atoms with Crippen LogP contribution in [0.25, 0.3) is 0 Å². The number of nitrogens with zero attached hydrogens (tertiary/aromatic N) is 2. The Morgan fingerprint density at radius 3 is 1.00 bits per heavy atom. The van der Waals surface area contributed by atoms with Gasteiger partial charge in [0.1, 0.15) is 13.2 Å². The molecule has 29 heavy (non-hydrogen) atoms. The summed E-state index contributed by atoms with van der Waals surface area (Å²) in [5.41, 5.74) is 0. The standard InChI is InChI=1S/C24H40N2O3/c27-23(25(19-9-1-2-10-19)20-11-3-4-12-20)17-29-18-24(28)26(21-13-5-6-14-21)22-15-7-8-16-22/h19-22H,1-18H2. The number of ether oxygens (including phenoxy) is 1. The van der Waals surface area contributed by atoms with Crippen molar-refractivity contribution in [1.82, 2.24) is 9.80 Å². The highest BCUT2D eigenvalue weighted by Gasteiger charge is 2.36. The molecule has 0 bridgehead atoms. The van der Waals surface area contributed by atoms with Gasteiger partial charge < -0.3 is 14.5 Å². The second kappa shape index (κ2) is 10.3. The molecule has 0 aromatic carbocycles. The van der Waals surface area contributed by atoms with Crippen molar-refractivity contribution in [3.63, 3.8) is 0 Å². The monoisotopic (exact) mass is 404 g/mol. The van der Waals surface area contributed by atoms with Crippen LogP contribution in [0.4, 0.5) is 0 Å². The molecule has 0 aromatic rings. The first-order valence-corrected chi connectivity index (χ1v) is 12.4. The summed E-state index contributed by atoms with van der Waals surface area (Å²) in [5.74, 6) is 0.231. The summed E-state index contributed by atoms with van der Waals surface area (Å²) in [5, 5.41) is 0. The summed E-state index contributed by atoms with van der Waals surface area (Å²) in [6, 6.07) is 1.61. The first-order valence-electron chi connectivity index (χ1n) is 12.4. The number of carbonyl (C=O) groups excluding carboxylic acids is 2. The Hall–Kier alpha value is -1.10. The van der Waals surface area contributed by atoms with Crippen LogP contribution in [0, 0.1) is 0 Å². The fourth-order valence-electron chi connectivity index (χ4n) is 6.52. The lowest BCUT2D eigenvalue weighted by Crippen LogP contribution is -2.48. The molecule has 4 aliphatic carbocycles. The number of rotatable bonds is 8. The predicted octanol–water partition coefficient (Wildman–Crippen LogP) is 4.43. The molecule has 0 spiro atoms. The first-order chi connectivity index (χ1) is 14.2. The van der Waals surface area contributed by atoms with E-state index in [-0.39, 0.29) is 25.0 Å². The molecule has 0 aliphatic heterocycles. The first kappa shape index (κ1) is 21.1. The molecule has 0 heterocycles. The fraction of sp³-hybridized carbons (Fsp3) is 0.917. The maximum Gasteiger partial charge on any atom is 0.249 e. The summed E-state index contributed by atoms with van der Waals surface area (Å²) < 4.78 is 5.78. The molecule has 0 unspecified atom stereocenters. The predicted molar refractivity (Wildman–Crippen MR) is 114 cm³/mol. The lowest BCUT2D eigenvalue weighted by atomic mass is 10.1. The van der Waals surface area contributed by atoms with Crippen molar-refractivity contribution in [1.29, 1.82) is 0 Å². The van der Waals surface area contributed by atoms with Crippen LogP contribution in [0.1, 0.15) is 103 Å². The molecule has 0 N–H and O–H groups in total. The minimum Gasteiger partial charge on any atom is -0.362 e. The van der Waals surface area contributed by atoms with Gasteiger partial charge in [-0.25, -0.2) is 0 Å². The van der Waals surface area contributed by atoms with Crippen LogP contribution in [0.2, 0.25) is 0 Å². The Morgan fingerprint density at radius 1 is 0.517 bits per heavy atom. The van der Waals surface area contributed by atoms with E-state index in [0.717, 1.165) is 51.4 Å². The van der Waals surface area contributed by atoms with Crippen molar-refractivity contribution in [3.05, 3.63) is 0 Å². The number of hydrogen-bond acceptors (Lipinski definition) is 3. The number of carbonyl (C=O) groups is 2. The van der Waals surface area contributed by atoms with E-state index < -0.39 is 0 Å². The van der Waals surface area contributed by atoms with Crippen molar-refractivity contribution < 1.29 is 14.3 Å². The van der Waals surface area contributed by atoms with Gasteiger partial charge in [0.25, 0.3) is 0 Å². The average Bonchev–Trinajstić information content (AvgIpc) is 3.50. The Kier molecular flexibility index (Phi) is 7.49. The average molecular weight is 405 g/mol. The zero-order valence-corrected chi connectivity index (χ0v) is 18.2.